The van der Waals surface area contributed by atoms with Crippen LogP contribution >= 0.6 is 0 Å². The number of rotatable bonds is 17. The standard InChI is InChI=1S/C25H28N6O3.C20H15FN4O3.C5H14N2/c1-29(2)13-14-30(3)22-16-24(34-4)21(15-23(22)31(32)33)28-25-26-12-11-20(27-25)19-10-9-17-7-5-6-8-18(17)19;1-28-19-10-15(21)18(25(26)27)11-17(19)24-20-22-9-8-16(23-20)14-7-6-12-4-2-3-5-13(12)14;1-6-4-5-7(2)3/h5-8,10-12,15-16H,9,13-14H2,1-4H3,(H,26,27,28);2-5,7-11H,6H2,1H3,(H,22,23,24);6H,4-5H2,1-3H3. The summed E-state index contributed by atoms with van der Waals surface area (Å²) in [6, 6.07) is 25.1. The van der Waals surface area contributed by atoms with Gasteiger partial charge in [0.05, 0.1) is 46.8 Å². The number of aromatic nitrogens is 4. The molecule has 2 heterocycles. The van der Waals surface area contributed by atoms with Crippen molar-refractivity contribution in [1.29, 1.82) is 0 Å². The minimum atomic E-state index is -0.977. The van der Waals surface area contributed by atoms with E-state index in [-0.39, 0.29) is 28.0 Å². The number of halogens is 1. The molecule has 0 bridgehead atoms. The van der Waals surface area contributed by atoms with E-state index < -0.39 is 16.4 Å². The zero-order valence-corrected chi connectivity index (χ0v) is 40.0. The maximum absolute atomic E-state index is 13.8. The first-order chi connectivity index (χ1) is 33.2. The number of nitro benzene ring substituents is 2. The predicted octanol–water partition coefficient (Wildman–Crippen LogP) is 8.15. The number of benzene rings is 4. The van der Waals surface area contributed by atoms with Gasteiger partial charge in [-0.05, 0) is 82.5 Å². The van der Waals surface area contributed by atoms with Crippen LogP contribution in [0.3, 0.4) is 0 Å². The Morgan fingerprint density at radius 3 is 1.58 bits per heavy atom. The van der Waals surface area contributed by atoms with Crippen molar-refractivity contribution in [2.24, 2.45) is 0 Å². The number of methoxy groups -OCH3 is 2. The summed E-state index contributed by atoms with van der Waals surface area (Å²) in [6.45, 7) is 3.59. The quantitative estimate of drug-likeness (QED) is 0.0583. The Hall–Kier alpha value is -7.87. The Kier molecular flexibility index (Phi) is 17.4. The number of fused-ring (bicyclic) bond motifs is 2. The Labute approximate surface area is 400 Å². The molecule has 3 N–H and O–H groups in total. The second-order valence-corrected chi connectivity index (χ2v) is 16.4. The third kappa shape index (κ3) is 13.0. The van der Waals surface area contributed by atoms with E-state index in [1.165, 1.54) is 31.4 Å². The number of hydrogen-bond acceptors (Lipinski definition) is 16. The van der Waals surface area contributed by atoms with E-state index >= 15 is 0 Å². The highest BCUT2D eigenvalue weighted by Crippen LogP contribution is 2.40. The van der Waals surface area contributed by atoms with Crippen LogP contribution < -0.4 is 30.3 Å². The van der Waals surface area contributed by atoms with Gasteiger partial charge < -0.3 is 40.1 Å². The molecule has 0 fully saturated rings. The van der Waals surface area contributed by atoms with Crippen LogP contribution in [0, 0.1) is 26.0 Å². The van der Waals surface area contributed by atoms with Crippen LogP contribution in [0.2, 0.25) is 0 Å². The summed E-state index contributed by atoms with van der Waals surface area (Å²) in [5, 5.41) is 32.0. The molecule has 19 heteroatoms. The summed E-state index contributed by atoms with van der Waals surface area (Å²) in [6.07, 6.45) is 9.21. The van der Waals surface area contributed by atoms with Crippen molar-refractivity contribution in [3.63, 3.8) is 0 Å². The fourth-order valence-corrected chi connectivity index (χ4v) is 7.46. The maximum atomic E-state index is 13.8. The Bertz CT molecular complexity index is 2840. The lowest BCUT2D eigenvalue weighted by molar-refractivity contribution is -0.387. The van der Waals surface area contributed by atoms with Crippen LogP contribution in [0.25, 0.3) is 11.1 Å². The molecule has 2 aliphatic rings. The minimum Gasteiger partial charge on any atom is -0.494 e. The molecule has 2 aromatic heterocycles. The third-order valence-electron chi connectivity index (χ3n) is 11.1. The van der Waals surface area contributed by atoms with Gasteiger partial charge in [-0.3, -0.25) is 20.2 Å². The summed E-state index contributed by atoms with van der Waals surface area (Å²) in [7, 11) is 14.7. The van der Waals surface area contributed by atoms with Crippen LogP contribution in [0.1, 0.15) is 33.6 Å². The van der Waals surface area contributed by atoms with Crippen molar-refractivity contribution in [3.8, 4) is 11.5 Å². The molecular weight excluding hydrogens is 884 g/mol. The molecule has 0 atom stereocenters. The minimum absolute atomic E-state index is 0.0202. The Morgan fingerprint density at radius 1 is 0.652 bits per heavy atom. The van der Waals surface area contributed by atoms with Gasteiger partial charge in [-0.2, -0.15) is 4.39 Å². The molecule has 0 unspecified atom stereocenters. The van der Waals surface area contributed by atoms with E-state index in [2.05, 4.69) is 85.2 Å². The first kappa shape index (κ1) is 50.5. The largest absolute Gasteiger partial charge is 0.494 e. The van der Waals surface area contributed by atoms with Crippen LogP contribution in [0.4, 0.5) is 44.7 Å². The first-order valence-corrected chi connectivity index (χ1v) is 22.0. The SMILES string of the molecule is CNCCN(C)C.COc1cc(F)c([N+](=O)[O-])cc1Nc1nccc(C2=CCc3ccccc32)n1.COc1cc(N(C)CCN(C)C)c([N+](=O)[O-])cc1Nc1nccc(C2=CCc3ccccc32)n1. The van der Waals surface area contributed by atoms with Gasteiger partial charge in [-0.25, -0.2) is 19.9 Å². The molecule has 6 aromatic rings. The van der Waals surface area contributed by atoms with Crippen molar-refractivity contribution < 1.29 is 23.7 Å². The van der Waals surface area contributed by atoms with Gasteiger partial charge >= 0.3 is 5.69 Å². The summed E-state index contributed by atoms with van der Waals surface area (Å²) in [4.78, 5) is 45.4. The van der Waals surface area contributed by atoms with Gasteiger partial charge in [0, 0.05) is 81.0 Å². The van der Waals surface area contributed by atoms with Gasteiger partial charge in [-0.15, -0.1) is 0 Å². The molecule has 2 aliphatic carbocycles. The number of nitrogens with one attached hydrogen (secondary N) is 3. The molecule has 4 aromatic carbocycles. The van der Waals surface area contributed by atoms with E-state index in [1.54, 1.807) is 24.5 Å². The van der Waals surface area contributed by atoms with E-state index in [0.717, 1.165) is 78.3 Å². The summed E-state index contributed by atoms with van der Waals surface area (Å²) in [5.41, 5.74) is 8.75. The lowest BCUT2D eigenvalue weighted by Gasteiger charge is -2.22. The number of nitrogens with zero attached hydrogens (tertiary/aromatic N) is 9. The zero-order valence-electron chi connectivity index (χ0n) is 40.0. The molecule has 18 nitrogen and oxygen atoms in total. The van der Waals surface area contributed by atoms with Crippen LogP contribution in [-0.2, 0) is 12.8 Å². The van der Waals surface area contributed by atoms with Gasteiger partial charge in [0.2, 0.25) is 17.7 Å². The number of anilines is 5. The highest BCUT2D eigenvalue weighted by Gasteiger charge is 2.24. The number of likely N-dealkylation sites (N-methyl/N-ethyl adjacent to an activating group) is 4. The maximum Gasteiger partial charge on any atom is 0.307 e. The van der Waals surface area contributed by atoms with Crippen molar-refractivity contribution in [3.05, 3.63) is 169 Å². The second-order valence-electron chi connectivity index (χ2n) is 16.4. The van der Waals surface area contributed by atoms with E-state index in [9.17, 15) is 24.6 Å². The van der Waals surface area contributed by atoms with Crippen LogP contribution in [0.5, 0.6) is 11.5 Å². The van der Waals surface area contributed by atoms with E-state index in [0.29, 0.717) is 29.6 Å². The smallest absolute Gasteiger partial charge is 0.307 e. The van der Waals surface area contributed by atoms with Crippen LogP contribution in [-0.4, -0.2) is 122 Å². The average molecular weight is 941 g/mol. The Balaban J connectivity index is 0.000000202. The lowest BCUT2D eigenvalue weighted by Crippen LogP contribution is -2.28. The number of ether oxygens (including phenoxy) is 2. The monoisotopic (exact) mass is 940 g/mol. The highest BCUT2D eigenvalue weighted by molar-refractivity contribution is 5.85. The van der Waals surface area contributed by atoms with Crippen molar-refractivity contribution in [1.82, 2.24) is 35.1 Å². The van der Waals surface area contributed by atoms with Crippen molar-refractivity contribution in [2.45, 2.75) is 12.8 Å². The highest BCUT2D eigenvalue weighted by atomic mass is 19.1. The molecule has 0 amide bonds. The molecule has 360 valence electrons. The van der Waals surface area contributed by atoms with Gasteiger partial charge in [0.1, 0.15) is 17.2 Å². The molecule has 0 radical (unpaired) electrons. The topological polar surface area (TPSA) is 202 Å². The fraction of sp³-hybridized carbons (Fsp3) is 0.280. The molecule has 0 saturated heterocycles. The normalized spacial score (nSPS) is 12.1. The summed E-state index contributed by atoms with van der Waals surface area (Å²) in [5.74, 6) is 0.167. The summed E-state index contributed by atoms with van der Waals surface area (Å²) < 4.78 is 24.5. The van der Waals surface area contributed by atoms with Crippen molar-refractivity contribution >= 4 is 51.5 Å². The Morgan fingerprint density at radius 2 is 1.13 bits per heavy atom. The average Bonchev–Trinajstić information content (AvgIpc) is 3.98. The molecule has 0 saturated carbocycles. The molecule has 69 heavy (non-hydrogen) atoms. The fourth-order valence-electron chi connectivity index (χ4n) is 7.46. The van der Waals surface area contributed by atoms with Gasteiger partial charge in [0.15, 0.2) is 0 Å². The van der Waals surface area contributed by atoms with Gasteiger partial charge in [0.25, 0.3) is 5.69 Å². The number of allylic oxidation sites excluding steroid dienone is 2. The van der Waals surface area contributed by atoms with Crippen molar-refractivity contribution in [2.75, 3.05) is 98.2 Å². The lowest BCUT2D eigenvalue weighted by atomic mass is 10.0. The first-order valence-electron chi connectivity index (χ1n) is 22.0. The molecule has 0 aliphatic heterocycles. The van der Waals surface area contributed by atoms with Gasteiger partial charge in [-0.1, -0.05) is 60.7 Å². The van der Waals surface area contributed by atoms with E-state index in [1.807, 2.05) is 74.4 Å². The van der Waals surface area contributed by atoms with E-state index in [4.69, 9.17) is 9.47 Å². The second kappa shape index (κ2) is 23.7. The number of nitro groups is 2. The molecule has 0 spiro atoms. The third-order valence-corrected chi connectivity index (χ3v) is 11.1. The number of hydrogen-bond donors (Lipinski definition) is 3. The predicted molar refractivity (Wildman–Crippen MR) is 269 cm³/mol. The molecule has 8 rings (SSSR count). The summed E-state index contributed by atoms with van der Waals surface area (Å²) >= 11 is 0. The molecular formula is C50H57FN12O6. The zero-order chi connectivity index (χ0) is 49.6. The van der Waals surface area contributed by atoms with Crippen LogP contribution in [0.15, 0.2) is 109 Å².